The van der Waals surface area contributed by atoms with Crippen molar-refractivity contribution in [3.05, 3.63) is 24.0 Å². The van der Waals surface area contributed by atoms with Crippen molar-refractivity contribution < 1.29 is 13.2 Å². The maximum atomic E-state index is 12.0. The molecule has 8 heteroatoms. The van der Waals surface area contributed by atoms with Crippen molar-refractivity contribution in [3.63, 3.8) is 0 Å². The second-order valence-corrected chi connectivity index (χ2v) is 7.96. The maximum absolute atomic E-state index is 12.0. The van der Waals surface area contributed by atoms with Gasteiger partial charge in [0, 0.05) is 31.0 Å². The lowest BCUT2D eigenvalue weighted by Crippen LogP contribution is -2.31. The summed E-state index contributed by atoms with van der Waals surface area (Å²) < 4.78 is 22.9. The van der Waals surface area contributed by atoms with Crippen molar-refractivity contribution >= 4 is 21.4 Å². The molecule has 1 saturated heterocycles. The van der Waals surface area contributed by atoms with Crippen LogP contribution in [0.15, 0.2) is 18.3 Å². The first-order valence-corrected chi connectivity index (χ1v) is 9.04. The second kappa shape index (κ2) is 7.06. The van der Waals surface area contributed by atoms with E-state index in [1.807, 2.05) is 19.0 Å². The predicted octanol–water partition coefficient (Wildman–Crippen LogP) is -0.0280. The van der Waals surface area contributed by atoms with E-state index in [9.17, 15) is 13.2 Å². The summed E-state index contributed by atoms with van der Waals surface area (Å²) in [5.41, 5.74) is 1.04. The van der Waals surface area contributed by atoms with Crippen molar-refractivity contribution in [2.24, 2.45) is 0 Å². The van der Waals surface area contributed by atoms with Gasteiger partial charge in [0.1, 0.15) is 5.69 Å². The minimum Gasteiger partial charge on any atom is -0.381 e. The highest BCUT2D eigenvalue weighted by atomic mass is 32.2. The van der Waals surface area contributed by atoms with E-state index in [0.717, 1.165) is 12.2 Å². The number of carbonyl (C=O) groups is 1. The molecule has 2 rings (SSSR count). The van der Waals surface area contributed by atoms with Crippen LogP contribution >= 0.6 is 0 Å². The topological polar surface area (TPSA) is 91.4 Å². The fourth-order valence-corrected chi connectivity index (χ4v) is 3.95. The van der Waals surface area contributed by atoms with Gasteiger partial charge in [-0.1, -0.05) is 0 Å². The number of rotatable bonds is 6. The van der Waals surface area contributed by atoms with Gasteiger partial charge in [-0.3, -0.25) is 9.78 Å². The SMILES string of the molecule is CN(C)CCNC(=O)c1cc(NC2CCS(=O)(=O)C2)ccn1. The summed E-state index contributed by atoms with van der Waals surface area (Å²) in [4.78, 5) is 18.0. The molecule has 122 valence electrons. The van der Waals surface area contributed by atoms with Gasteiger partial charge in [0.15, 0.2) is 9.84 Å². The molecular weight excluding hydrogens is 304 g/mol. The lowest BCUT2D eigenvalue weighted by Gasteiger charge is -2.13. The first kappa shape index (κ1) is 16.7. The lowest BCUT2D eigenvalue weighted by atomic mass is 10.2. The average molecular weight is 326 g/mol. The Hall–Kier alpha value is -1.67. The van der Waals surface area contributed by atoms with Gasteiger partial charge in [-0.05, 0) is 32.6 Å². The zero-order valence-corrected chi connectivity index (χ0v) is 13.7. The Kier molecular flexibility index (Phi) is 5.36. The summed E-state index contributed by atoms with van der Waals surface area (Å²) >= 11 is 0. The second-order valence-electron chi connectivity index (χ2n) is 5.73. The number of anilines is 1. The number of nitrogens with one attached hydrogen (secondary N) is 2. The van der Waals surface area contributed by atoms with Crippen LogP contribution in [0.25, 0.3) is 0 Å². The Bertz CT molecular complexity index is 631. The molecule has 1 atom stereocenters. The zero-order chi connectivity index (χ0) is 16.2. The number of pyridine rings is 1. The molecule has 1 aliphatic rings. The van der Waals surface area contributed by atoms with Crippen LogP contribution in [0.3, 0.4) is 0 Å². The third-order valence-electron chi connectivity index (χ3n) is 3.44. The molecule has 1 unspecified atom stereocenters. The van der Waals surface area contributed by atoms with Gasteiger partial charge < -0.3 is 15.5 Å². The molecule has 1 aromatic rings. The first-order chi connectivity index (χ1) is 10.4. The Labute approximate surface area is 131 Å². The number of nitrogens with zero attached hydrogens (tertiary/aromatic N) is 2. The molecular formula is C14H22N4O3S. The minimum atomic E-state index is -2.92. The maximum Gasteiger partial charge on any atom is 0.269 e. The van der Waals surface area contributed by atoms with Crippen LogP contribution in [0.1, 0.15) is 16.9 Å². The number of hydrogen-bond donors (Lipinski definition) is 2. The van der Waals surface area contributed by atoms with Crippen molar-refractivity contribution in [2.45, 2.75) is 12.5 Å². The summed E-state index contributed by atoms with van der Waals surface area (Å²) in [7, 11) is 0.946. The van der Waals surface area contributed by atoms with Gasteiger partial charge >= 0.3 is 0 Å². The monoisotopic (exact) mass is 326 g/mol. The highest BCUT2D eigenvalue weighted by molar-refractivity contribution is 7.91. The van der Waals surface area contributed by atoms with Gasteiger partial charge in [-0.25, -0.2) is 8.42 Å². The minimum absolute atomic E-state index is 0.1000. The number of likely N-dealkylation sites (N-methyl/N-ethyl adjacent to an activating group) is 1. The molecule has 0 aliphatic carbocycles. The van der Waals surface area contributed by atoms with E-state index in [4.69, 9.17) is 0 Å². The number of aromatic nitrogens is 1. The highest BCUT2D eigenvalue weighted by Crippen LogP contribution is 2.17. The molecule has 0 radical (unpaired) electrons. The molecule has 1 fully saturated rings. The summed E-state index contributed by atoms with van der Waals surface area (Å²) in [5.74, 6) is 0.123. The van der Waals surface area contributed by atoms with Crippen molar-refractivity contribution in [1.29, 1.82) is 0 Å². The van der Waals surface area contributed by atoms with E-state index in [1.54, 1.807) is 18.3 Å². The van der Waals surface area contributed by atoms with E-state index in [0.29, 0.717) is 18.7 Å². The number of carbonyl (C=O) groups excluding carboxylic acids is 1. The standard InChI is InChI=1S/C14H22N4O3S/c1-18(2)7-6-16-14(19)13-9-11(3-5-15-13)17-12-4-8-22(20,21)10-12/h3,5,9,12H,4,6-8,10H2,1-2H3,(H,15,17)(H,16,19). The Morgan fingerprint density at radius 3 is 2.86 bits per heavy atom. The van der Waals surface area contributed by atoms with Crippen LogP contribution < -0.4 is 10.6 Å². The summed E-state index contributed by atoms with van der Waals surface area (Å²) in [5, 5.41) is 5.96. The lowest BCUT2D eigenvalue weighted by molar-refractivity contribution is 0.0946. The van der Waals surface area contributed by atoms with Crippen molar-refractivity contribution in [3.8, 4) is 0 Å². The van der Waals surface area contributed by atoms with Gasteiger partial charge in [-0.2, -0.15) is 0 Å². The smallest absolute Gasteiger partial charge is 0.269 e. The molecule has 0 bridgehead atoms. The van der Waals surface area contributed by atoms with Crippen molar-refractivity contribution in [2.75, 3.05) is 44.0 Å². The Balaban J connectivity index is 1.93. The Morgan fingerprint density at radius 1 is 1.45 bits per heavy atom. The third kappa shape index (κ3) is 4.96. The third-order valence-corrected chi connectivity index (χ3v) is 5.21. The predicted molar refractivity (Wildman–Crippen MR) is 85.8 cm³/mol. The van der Waals surface area contributed by atoms with Crippen LogP contribution in [-0.2, 0) is 9.84 Å². The summed E-state index contributed by atoms with van der Waals surface area (Å²) in [6.07, 6.45) is 2.14. The van der Waals surface area contributed by atoms with Crippen LogP contribution in [0.4, 0.5) is 5.69 Å². The Morgan fingerprint density at radius 2 is 2.23 bits per heavy atom. The largest absolute Gasteiger partial charge is 0.381 e. The first-order valence-electron chi connectivity index (χ1n) is 7.22. The fraction of sp³-hybridized carbons (Fsp3) is 0.571. The molecule has 0 saturated carbocycles. The van der Waals surface area contributed by atoms with Crippen LogP contribution in [0.5, 0.6) is 0 Å². The number of amides is 1. The van der Waals surface area contributed by atoms with Crippen LogP contribution in [0, 0.1) is 0 Å². The van der Waals surface area contributed by atoms with E-state index >= 15 is 0 Å². The molecule has 1 aromatic heterocycles. The molecule has 0 spiro atoms. The zero-order valence-electron chi connectivity index (χ0n) is 12.9. The number of sulfone groups is 1. The van der Waals surface area contributed by atoms with Gasteiger partial charge in [0.2, 0.25) is 0 Å². The van der Waals surface area contributed by atoms with Gasteiger partial charge in [0.25, 0.3) is 5.91 Å². The van der Waals surface area contributed by atoms with Gasteiger partial charge in [0.05, 0.1) is 11.5 Å². The normalized spacial score (nSPS) is 20.0. The van der Waals surface area contributed by atoms with E-state index in [1.165, 1.54) is 0 Å². The molecule has 1 aliphatic heterocycles. The summed E-state index contributed by atoms with van der Waals surface area (Å²) in [6.45, 7) is 1.30. The van der Waals surface area contributed by atoms with Crippen LogP contribution in [-0.4, -0.2) is 68.9 Å². The molecule has 2 N–H and O–H groups in total. The fourth-order valence-electron chi connectivity index (χ4n) is 2.27. The molecule has 7 nitrogen and oxygen atoms in total. The van der Waals surface area contributed by atoms with Crippen LogP contribution in [0.2, 0.25) is 0 Å². The highest BCUT2D eigenvalue weighted by Gasteiger charge is 2.27. The molecule has 22 heavy (non-hydrogen) atoms. The van der Waals surface area contributed by atoms with E-state index < -0.39 is 9.84 Å². The van der Waals surface area contributed by atoms with E-state index in [-0.39, 0.29) is 23.5 Å². The quantitative estimate of drug-likeness (QED) is 0.763. The van der Waals surface area contributed by atoms with Gasteiger partial charge in [-0.15, -0.1) is 0 Å². The number of hydrogen-bond acceptors (Lipinski definition) is 6. The summed E-state index contributed by atoms with van der Waals surface area (Å²) in [6, 6.07) is 3.29. The molecule has 1 amide bonds. The van der Waals surface area contributed by atoms with E-state index in [2.05, 4.69) is 15.6 Å². The molecule has 2 heterocycles. The molecule has 0 aromatic carbocycles. The van der Waals surface area contributed by atoms with Crippen molar-refractivity contribution in [1.82, 2.24) is 15.2 Å². The average Bonchev–Trinajstić information content (AvgIpc) is 2.77.